The van der Waals surface area contributed by atoms with Gasteiger partial charge in [-0.1, -0.05) is 17.3 Å². The van der Waals surface area contributed by atoms with Crippen molar-refractivity contribution in [3.8, 4) is 5.75 Å². The molecule has 0 saturated carbocycles. The maximum absolute atomic E-state index is 10.6. The zero-order valence-corrected chi connectivity index (χ0v) is 9.85. The summed E-state index contributed by atoms with van der Waals surface area (Å²) in [7, 11) is 0. The van der Waals surface area contributed by atoms with Crippen LogP contribution in [0.5, 0.6) is 5.75 Å². The molecule has 0 unspecified atom stereocenters. The second kappa shape index (κ2) is 5.31. The first kappa shape index (κ1) is 12.1. The van der Waals surface area contributed by atoms with Gasteiger partial charge in [-0.3, -0.25) is 0 Å². The number of ether oxygens (including phenoxy) is 1. The van der Waals surface area contributed by atoms with Crippen LogP contribution in [0.4, 0.5) is 0 Å². The molecular formula is C12H13N3O3. The molecule has 0 spiro atoms. The van der Waals surface area contributed by atoms with E-state index in [4.69, 9.17) is 9.84 Å². The smallest absolute Gasteiger partial charge is 0.344 e. The van der Waals surface area contributed by atoms with Crippen molar-refractivity contribution >= 4 is 5.97 Å². The number of hydrogen-bond donors (Lipinski definition) is 1. The van der Waals surface area contributed by atoms with Gasteiger partial charge in [0.15, 0.2) is 6.10 Å². The number of carbonyl (C=O) groups is 1. The van der Waals surface area contributed by atoms with Crippen LogP contribution >= 0.6 is 0 Å². The Morgan fingerprint density at radius 1 is 1.44 bits per heavy atom. The second-order valence-electron chi connectivity index (χ2n) is 3.84. The zero-order valence-electron chi connectivity index (χ0n) is 9.85. The average Bonchev–Trinajstić information content (AvgIpc) is 2.84. The topological polar surface area (TPSA) is 77.2 Å². The SMILES string of the molecule is C[C@@H](Oc1ccc(Cn2ccnn2)cc1)C(=O)O. The van der Waals surface area contributed by atoms with Gasteiger partial charge in [0.25, 0.3) is 0 Å². The summed E-state index contributed by atoms with van der Waals surface area (Å²) in [4.78, 5) is 10.6. The van der Waals surface area contributed by atoms with E-state index < -0.39 is 12.1 Å². The van der Waals surface area contributed by atoms with E-state index in [9.17, 15) is 4.79 Å². The molecule has 0 amide bonds. The van der Waals surface area contributed by atoms with E-state index in [0.717, 1.165) is 5.56 Å². The summed E-state index contributed by atoms with van der Waals surface area (Å²) in [5.74, 6) is -0.450. The fraction of sp³-hybridized carbons (Fsp3) is 0.250. The normalized spacial score (nSPS) is 12.1. The highest BCUT2D eigenvalue weighted by Crippen LogP contribution is 2.14. The Hall–Kier alpha value is -2.37. The first-order valence-electron chi connectivity index (χ1n) is 5.47. The van der Waals surface area contributed by atoms with Crippen molar-refractivity contribution < 1.29 is 14.6 Å². The van der Waals surface area contributed by atoms with E-state index in [1.165, 1.54) is 6.92 Å². The molecule has 18 heavy (non-hydrogen) atoms. The zero-order chi connectivity index (χ0) is 13.0. The van der Waals surface area contributed by atoms with Crippen LogP contribution in [0.25, 0.3) is 0 Å². The third-order valence-electron chi connectivity index (χ3n) is 2.40. The Balaban J connectivity index is 1.99. The summed E-state index contributed by atoms with van der Waals surface area (Å²) in [6, 6.07) is 7.22. The lowest BCUT2D eigenvalue weighted by atomic mass is 10.2. The molecule has 1 aromatic heterocycles. The highest BCUT2D eigenvalue weighted by atomic mass is 16.5. The van der Waals surface area contributed by atoms with Crippen LogP contribution in [0.3, 0.4) is 0 Å². The van der Waals surface area contributed by atoms with Gasteiger partial charge < -0.3 is 9.84 Å². The van der Waals surface area contributed by atoms with Gasteiger partial charge in [-0.25, -0.2) is 9.48 Å². The molecule has 2 aromatic rings. The first-order chi connectivity index (χ1) is 8.65. The Morgan fingerprint density at radius 2 is 2.17 bits per heavy atom. The Labute approximate surface area is 104 Å². The summed E-state index contributed by atoms with van der Waals surface area (Å²) >= 11 is 0. The molecule has 0 radical (unpaired) electrons. The van der Waals surface area contributed by atoms with Crippen LogP contribution in [0.1, 0.15) is 12.5 Å². The van der Waals surface area contributed by atoms with Crippen molar-refractivity contribution in [2.75, 3.05) is 0 Å². The van der Waals surface area contributed by atoms with E-state index in [1.807, 2.05) is 12.1 Å². The van der Waals surface area contributed by atoms with E-state index in [-0.39, 0.29) is 0 Å². The number of rotatable bonds is 5. The van der Waals surface area contributed by atoms with E-state index in [1.54, 1.807) is 29.2 Å². The number of carboxylic acids is 1. The van der Waals surface area contributed by atoms with E-state index >= 15 is 0 Å². The van der Waals surface area contributed by atoms with Crippen LogP contribution in [0.15, 0.2) is 36.7 Å². The van der Waals surface area contributed by atoms with E-state index in [0.29, 0.717) is 12.3 Å². The number of carboxylic acid groups (broad SMARTS) is 1. The third kappa shape index (κ3) is 3.07. The van der Waals surface area contributed by atoms with Gasteiger partial charge in [0, 0.05) is 6.20 Å². The van der Waals surface area contributed by atoms with Gasteiger partial charge in [-0.05, 0) is 24.6 Å². The highest BCUT2D eigenvalue weighted by Gasteiger charge is 2.11. The number of aromatic nitrogens is 3. The van der Waals surface area contributed by atoms with Crippen molar-refractivity contribution in [3.63, 3.8) is 0 Å². The molecule has 6 nitrogen and oxygen atoms in total. The van der Waals surface area contributed by atoms with Crippen molar-refractivity contribution in [1.29, 1.82) is 0 Å². The van der Waals surface area contributed by atoms with Crippen LogP contribution in [-0.4, -0.2) is 32.2 Å². The minimum Gasteiger partial charge on any atom is -0.479 e. The Kier molecular flexibility index (Phi) is 3.57. The fourth-order valence-electron chi connectivity index (χ4n) is 1.43. The largest absolute Gasteiger partial charge is 0.479 e. The molecule has 0 aliphatic heterocycles. The van der Waals surface area contributed by atoms with Crippen LogP contribution in [0.2, 0.25) is 0 Å². The van der Waals surface area contributed by atoms with Gasteiger partial charge in [-0.2, -0.15) is 0 Å². The quantitative estimate of drug-likeness (QED) is 0.858. The molecule has 2 rings (SSSR count). The standard InChI is InChI=1S/C12H13N3O3/c1-9(12(16)17)18-11-4-2-10(3-5-11)8-15-7-6-13-14-15/h2-7,9H,8H2,1H3,(H,16,17)/t9-/m1/s1. The Bertz CT molecular complexity index is 508. The average molecular weight is 247 g/mol. The van der Waals surface area contributed by atoms with Crippen molar-refractivity contribution in [2.45, 2.75) is 19.6 Å². The number of aliphatic carboxylic acids is 1. The monoisotopic (exact) mass is 247 g/mol. The molecule has 94 valence electrons. The molecule has 0 saturated heterocycles. The summed E-state index contributed by atoms with van der Waals surface area (Å²) in [5, 5.41) is 16.3. The highest BCUT2D eigenvalue weighted by molar-refractivity contribution is 5.72. The molecule has 1 N–H and O–H groups in total. The molecule has 0 bridgehead atoms. The number of nitrogens with zero attached hydrogens (tertiary/aromatic N) is 3. The summed E-state index contributed by atoms with van der Waals surface area (Å²) < 4.78 is 6.94. The molecular weight excluding hydrogens is 234 g/mol. The number of benzene rings is 1. The lowest BCUT2D eigenvalue weighted by Gasteiger charge is -2.10. The van der Waals surface area contributed by atoms with Crippen LogP contribution in [-0.2, 0) is 11.3 Å². The molecule has 1 atom stereocenters. The van der Waals surface area contributed by atoms with E-state index in [2.05, 4.69) is 10.3 Å². The third-order valence-corrected chi connectivity index (χ3v) is 2.40. The summed E-state index contributed by atoms with van der Waals surface area (Å²) in [6.45, 7) is 2.11. The number of hydrogen-bond acceptors (Lipinski definition) is 4. The predicted octanol–water partition coefficient (Wildman–Crippen LogP) is 1.18. The summed E-state index contributed by atoms with van der Waals surface area (Å²) in [6.07, 6.45) is 2.54. The Morgan fingerprint density at radius 3 is 2.72 bits per heavy atom. The van der Waals surface area contributed by atoms with Gasteiger partial charge in [0.05, 0.1) is 12.7 Å². The minimum absolute atomic E-state index is 0.534. The lowest BCUT2D eigenvalue weighted by Crippen LogP contribution is -2.22. The predicted molar refractivity (Wildman–Crippen MR) is 63.3 cm³/mol. The molecule has 0 fully saturated rings. The second-order valence-corrected chi connectivity index (χ2v) is 3.84. The molecule has 6 heteroatoms. The molecule has 0 aliphatic rings. The molecule has 1 heterocycles. The first-order valence-corrected chi connectivity index (χ1v) is 5.47. The molecule has 1 aromatic carbocycles. The summed E-state index contributed by atoms with van der Waals surface area (Å²) in [5.41, 5.74) is 1.04. The molecule has 0 aliphatic carbocycles. The van der Waals surface area contributed by atoms with Gasteiger partial charge in [-0.15, -0.1) is 5.10 Å². The maximum atomic E-state index is 10.6. The minimum atomic E-state index is -0.985. The fourth-order valence-corrected chi connectivity index (χ4v) is 1.43. The van der Waals surface area contributed by atoms with Crippen LogP contribution in [0, 0.1) is 0 Å². The van der Waals surface area contributed by atoms with Crippen molar-refractivity contribution in [1.82, 2.24) is 15.0 Å². The maximum Gasteiger partial charge on any atom is 0.344 e. The van der Waals surface area contributed by atoms with Crippen LogP contribution < -0.4 is 4.74 Å². The van der Waals surface area contributed by atoms with Crippen molar-refractivity contribution in [2.24, 2.45) is 0 Å². The van der Waals surface area contributed by atoms with Gasteiger partial charge in [0.2, 0.25) is 0 Å². The van der Waals surface area contributed by atoms with Gasteiger partial charge in [0.1, 0.15) is 5.75 Å². The van der Waals surface area contributed by atoms with Gasteiger partial charge >= 0.3 is 5.97 Å². The lowest BCUT2D eigenvalue weighted by molar-refractivity contribution is -0.144. The van der Waals surface area contributed by atoms with Crippen molar-refractivity contribution in [3.05, 3.63) is 42.2 Å².